The van der Waals surface area contributed by atoms with Gasteiger partial charge in [0.15, 0.2) is 0 Å². The van der Waals surface area contributed by atoms with Crippen molar-refractivity contribution in [1.29, 1.82) is 0 Å². The van der Waals surface area contributed by atoms with Gasteiger partial charge >= 0.3 is 0 Å². The number of nitrogens with one attached hydrogen (secondary N) is 1. The largest absolute Gasteiger partial charge is 0.395 e. The van der Waals surface area contributed by atoms with Crippen molar-refractivity contribution >= 4 is 0 Å². The summed E-state index contributed by atoms with van der Waals surface area (Å²) in [6.45, 7) is 2.38. The summed E-state index contributed by atoms with van der Waals surface area (Å²) in [4.78, 5) is 2.53. The highest BCUT2D eigenvalue weighted by Crippen LogP contribution is 2.30. The van der Waals surface area contributed by atoms with Crippen LogP contribution in [0.1, 0.15) is 38.5 Å². The van der Waals surface area contributed by atoms with Crippen molar-refractivity contribution in [3.63, 3.8) is 0 Å². The molecule has 0 aromatic rings. The summed E-state index contributed by atoms with van der Waals surface area (Å²) in [5.41, 5.74) is 0. The van der Waals surface area contributed by atoms with Crippen LogP contribution in [0.3, 0.4) is 0 Å². The van der Waals surface area contributed by atoms with E-state index in [2.05, 4.69) is 17.3 Å². The molecule has 0 aromatic carbocycles. The van der Waals surface area contributed by atoms with Crippen LogP contribution in [0.2, 0.25) is 0 Å². The molecular formula is C13H26N2O. The van der Waals surface area contributed by atoms with Crippen LogP contribution in [-0.4, -0.2) is 48.8 Å². The Balaban J connectivity index is 1.83. The normalized spacial score (nSPS) is 30.9. The fourth-order valence-corrected chi connectivity index (χ4v) is 3.24. The third-order valence-corrected chi connectivity index (χ3v) is 4.48. The van der Waals surface area contributed by atoms with Gasteiger partial charge in [-0.3, -0.25) is 4.90 Å². The standard InChI is InChI=1S/C13H26N2O/c1-14-13-7-2-4-11(13)10-15(8-9-16)12-5-3-6-12/h11-14,16H,2-10H2,1H3. The average molecular weight is 226 g/mol. The van der Waals surface area contributed by atoms with E-state index in [1.54, 1.807) is 0 Å². The molecule has 2 aliphatic rings. The zero-order valence-corrected chi connectivity index (χ0v) is 10.5. The molecule has 2 aliphatic carbocycles. The second-order valence-corrected chi connectivity index (χ2v) is 5.39. The topological polar surface area (TPSA) is 35.5 Å². The first-order chi connectivity index (χ1) is 7.85. The van der Waals surface area contributed by atoms with Gasteiger partial charge in [0.1, 0.15) is 0 Å². The van der Waals surface area contributed by atoms with Crippen molar-refractivity contribution in [2.75, 3.05) is 26.7 Å². The van der Waals surface area contributed by atoms with Crippen molar-refractivity contribution in [2.24, 2.45) is 5.92 Å². The minimum atomic E-state index is 0.313. The van der Waals surface area contributed by atoms with Gasteiger partial charge in [-0.1, -0.05) is 12.8 Å². The number of hydrogen-bond acceptors (Lipinski definition) is 3. The van der Waals surface area contributed by atoms with E-state index in [1.807, 2.05) is 0 Å². The lowest BCUT2D eigenvalue weighted by atomic mass is 9.90. The average Bonchev–Trinajstić information content (AvgIpc) is 2.63. The third-order valence-electron chi connectivity index (χ3n) is 4.48. The van der Waals surface area contributed by atoms with Gasteiger partial charge in [-0.25, -0.2) is 0 Å². The van der Waals surface area contributed by atoms with Crippen molar-refractivity contribution in [1.82, 2.24) is 10.2 Å². The maximum absolute atomic E-state index is 9.14. The first-order valence-corrected chi connectivity index (χ1v) is 6.87. The predicted octanol–water partition coefficient (Wildman–Crippen LogP) is 1.22. The van der Waals surface area contributed by atoms with E-state index >= 15 is 0 Å². The van der Waals surface area contributed by atoms with Crippen LogP contribution in [0.25, 0.3) is 0 Å². The Hall–Kier alpha value is -0.120. The molecule has 3 heteroatoms. The monoisotopic (exact) mass is 226 g/mol. The minimum absolute atomic E-state index is 0.313. The SMILES string of the molecule is CNC1CCCC1CN(CCO)C1CCC1. The highest BCUT2D eigenvalue weighted by atomic mass is 16.3. The minimum Gasteiger partial charge on any atom is -0.395 e. The molecule has 0 amide bonds. The molecule has 0 heterocycles. The molecule has 2 unspecified atom stereocenters. The Labute approximate surface area is 99.2 Å². The molecule has 0 aromatic heterocycles. The van der Waals surface area contributed by atoms with Gasteiger partial charge in [0.25, 0.3) is 0 Å². The summed E-state index contributed by atoms with van der Waals surface area (Å²) in [7, 11) is 2.09. The Morgan fingerprint density at radius 2 is 1.94 bits per heavy atom. The third kappa shape index (κ3) is 2.76. The molecule has 2 rings (SSSR count). The molecule has 2 N–H and O–H groups in total. The van der Waals surface area contributed by atoms with Crippen molar-refractivity contribution in [3.05, 3.63) is 0 Å². The van der Waals surface area contributed by atoms with E-state index in [0.29, 0.717) is 12.6 Å². The lowest BCUT2D eigenvalue weighted by molar-refractivity contribution is 0.0815. The molecule has 0 aliphatic heterocycles. The van der Waals surface area contributed by atoms with Crippen LogP contribution in [0.15, 0.2) is 0 Å². The number of aliphatic hydroxyl groups is 1. The Kier molecular flexibility index (Phi) is 4.62. The summed E-state index contributed by atoms with van der Waals surface area (Å²) < 4.78 is 0. The van der Waals surface area contributed by atoms with E-state index in [1.165, 1.54) is 45.1 Å². The lowest BCUT2D eigenvalue weighted by Crippen LogP contribution is -2.46. The fraction of sp³-hybridized carbons (Fsp3) is 1.00. The van der Waals surface area contributed by atoms with Crippen LogP contribution in [0.5, 0.6) is 0 Å². The summed E-state index contributed by atoms with van der Waals surface area (Å²) >= 11 is 0. The highest BCUT2D eigenvalue weighted by molar-refractivity contribution is 4.88. The number of rotatable bonds is 6. The first kappa shape index (κ1) is 12.3. The molecule has 0 saturated heterocycles. The second-order valence-electron chi connectivity index (χ2n) is 5.39. The molecule has 3 nitrogen and oxygen atoms in total. The summed E-state index contributed by atoms with van der Waals surface area (Å²) in [6.07, 6.45) is 8.13. The van der Waals surface area contributed by atoms with E-state index in [4.69, 9.17) is 5.11 Å². The number of aliphatic hydroxyl groups excluding tert-OH is 1. The molecular weight excluding hydrogens is 200 g/mol. The van der Waals surface area contributed by atoms with Crippen molar-refractivity contribution in [2.45, 2.75) is 50.6 Å². The van der Waals surface area contributed by atoms with E-state index < -0.39 is 0 Å². The van der Waals surface area contributed by atoms with Gasteiger partial charge in [0, 0.05) is 25.2 Å². The first-order valence-electron chi connectivity index (χ1n) is 6.87. The van der Waals surface area contributed by atoms with Gasteiger partial charge in [0.05, 0.1) is 6.61 Å². The quantitative estimate of drug-likeness (QED) is 0.715. The highest BCUT2D eigenvalue weighted by Gasteiger charge is 2.31. The molecule has 0 radical (unpaired) electrons. The maximum Gasteiger partial charge on any atom is 0.0558 e. The second kappa shape index (κ2) is 5.99. The Morgan fingerprint density at radius 1 is 1.19 bits per heavy atom. The van der Waals surface area contributed by atoms with E-state index in [9.17, 15) is 0 Å². The van der Waals surface area contributed by atoms with Crippen LogP contribution in [-0.2, 0) is 0 Å². The molecule has 94 valence electrons. The van der Waals surface area contributed by atoms with Gasteiger partial charge in [-0.2, -0.15) is 0 Å². The van der Waals surface area contributed by atoms with Crippen molar-refractivity contribution < 1.29 is 5.11 Å². The fourth-order valence-electron chi connectivity index (χ4n) is 3.24. The van der Waals surface area contributed by atoms with Crippen LogP contribution in [0, 0.1) is 5.92 Å². The number of nitrogens with zero attached hydrogens (tertiary/aromatic N) is 1. The van der Waals surface area contributed by atoms with Gasteiger partial charge in [-0.15, -0.1) is 0 Å². The van der Waals surface area contributed by atoms with Gasteiger partial charge < -0.3 is 10.4 Å². The zero-order valence-electron chi connectivity index (χ0n) is 10.5. The Morgan fingerprint density at radius 3 is 2.50 bits per heavy atom. The summed E-state index contributed by atoms with van der Waals surface area (Å²) in [5.74, 6) is 0.803. The molecule has 2 fully saturated rings. The van der Waals surface area contributed by atoms with E-state index in [-0.39, 0.29) is 0 Å². The Bertz CT molecular complexity index is 206. The van der Waals surface area contributed by atoms with Gasteiger partial charge in [0.2, 0.25) is 0 Å². The summed E-state index contributed by atoms with van der Waals surface area (Å²) in [6, 6.07) is 1.48. The smallest absolute Gasteiger partial charge is 0.0558 e. The predicted molar refractivity (Wildman–Crippen MR) is 66.5 cm³/mol. The lowest BCUT2D eigenvalue weighted by Gasteiger charge is -2.39. The number of hydrogen-bond donors (Lipinski definition) is 2. The van der Waals surface area contributed by atoms with Crippen LogP contribution < -0.4 is 5.32 Å². The van der Waals surface area contributed by atoms with Crippen LogP contribution >= 0.6 is 0 Å². The van der Waals surface area contributed by atoms with Gasteiger partial charge in [-0.05, 0) is 38.6 Å². The molecule has 16 heavy (non-hydrogen) atoms. The van der Waals surface area contributed by atoms with Crippen molar-refractivity contribution in [3.8, 4) is 0 Å². The maximum atomic E-state index is 9.14. The van der Waals surface area contributed by atoms with Crippen LogP contribution in [0.4, 0.5) is 0 Å². The molecule has 2 atom stereocenters. The zero-order chi connectivity index (χ0) is 11.4. The molecule has 2 saturated carbocycles. The van der Waals surface area contributed by atoms with E-state index in [0.717, 1.165) is 18.5 Å². The summed E-state index contributed by atoms with van der Waals surface area (Å²) in [5, 5.41) is 12.6. The molecule has 0 spiro atoms. The molecule has 0 bridgehead atoms.